The highest BCUT2D eigenvalue weighted by molar-refractivity contribution is 5.65. The lowest BCUT2D eigenvalue weighted by atomic mass is 10.1. The SMILES string of the molecule is Nc1cc(-c2ccc([N+](=O)[O-])c(O)c2)on1. The third-order valence-electron chi connectivity index (χ3n) is 1.99. The summed E-state index contributed by atoms with van der Waals surface area (Å²) in [4.78, 5) is 9.79. The number of nitro benzene ring substituents is 1. The van der Waals surface area contributed by atoms with Gasteiger partial charge in [0.1, 0.15) is 0 Å². The van der Waals surface area contributed by atoms with Gasteiger partial charge in [0.15, 0.2) is 17.3 Å². The van der Waals surface area contributed by atoms with E-state index in [-0.39, 0.29) is 11.5 Å². The van der Waals surface area contributed by atoms with Crippen molar-refractivity contribution in [1.82, 2.24) is 5.16 Å². The van der Waals surface area contributed by atoms with Gasteiger partial charge in [0.25, 0.3) is 0 Å². The molecule has 0 unspecified atom stereocenters. The molecular formula is C9H7N3O4. The summed E-state index contributed by atoms with van der Waals surface area (Å²) in [6, 6.07) is 5.31. The molecule has 0 atom stereocenters. The number of hydrogen-bond donors (Lipinski definition) is 2. The number of nitrogens with zero attached hydrogens (tertiary/aromatic N) is 2. The number of aromatic nitrogens is 1. The van der Waals surface area contributed by atoms with Crippen LogP contribution in [0.4, 0.5) is 11.5 Å². The molecule has 0 amide bonds. The van der Waals surface area contributed by atoms with Gasteiger partial charge < -0.3 is 15.4 Å². The maximum atomic E-state index is 10.5. The van der Waals surface area contributed by atoms with Crippen LogP contribution in [0.25, 0.3) is 11.3 Å². The van der Waals surface area contributed by atoms with Gasteiger partial charge in [0, 0.05) is 17.7 Å². The number of nitrogen functional groups attached to an aromatic ring is 1. The third-order valence-corrected chi connectivity index (χ3v) is 1.99. The van der Waals surface area contributed by atoms with Crippen molar-refractivity contribution in [3.63, 3.8) is 0 Å². The molecule has 1 heterocycles. The van der Waals surface area contributed by atoms with Gasteiger partial charge in [-0.3, -0.25) is 10.1 Å². The molecule has 0 aliphatic heterocycles. The topological polar surface area (TPSA) is 115 Å². The minimum atomic E-state index is -0.673. The van der Waals surface area contributed by atoms with Gasteiger partial charge in [0.05, 0.1) is 4.92 Å². The van der Waals surface area contributed by atoms with E-state index in [1.807, 2.05) is 0 Å². The summed E-state index contributed by atoms with van der Waals surface area (Å²) in [7, 11) is 0. The van der Waals surface area contributed by atoms with Crippen molar-refractivity contribution in [1.29, 1.82) is 0 Å². The average Bonchev–Trinajstić information content (AvgIpc) is 2.64. The maximum absolute atomic E-state index is 10.5. The molecule has 16 heavy (non-hydrogen) atoms. The largest absolute Gasteiger partial charge is 0.502 e. The monoisotopic (exact) mass is 221 g/mol. The van der Waals surface area contributed by atoms with Gasteiger partial charge >= 0.3 is 5.69 Å². The molecule has 1 aromatic carbocycles. The molecule has 0 spiro atoms. The molecule has 0 aliphatic rings. The number of nitro groups is 1. The molecule has 0 fully saturated rings. The van der Waals surface area contributed by atoms with E-state index < -0.39 is 10.7 Å². The van der Waals surface area contributed by atoms with Crippen molar-refractivity contribution < 1.29 is 14.6 Å². The highest BCUT2D eigenvalue weighted by Gasteiger charge is 2.15. The molecule has 7 heteroatoms. The Kier molecular flexibility index (Phi) is 2.20. The first kappa shape index (κ1) is 9.97. The lowest BCUT2D eigenvalue weighted by molar-refractivity contribution is -0.385. The van der Waals surface area contributed by atoms with E-state index >= 15 is 0 Å². The number of nitrogens with two attached hydrogens (primary N) is 1. The lowest BCUT2D eigenvalue weighted by Gasteiger charge is -1.98. The predicted octanol–water partition coefficient (Wildman–Crippen LogP) is 1.54. The quantitative estimate of drug-likeness (QED) is 0.586. The number of benzene rings is 1. The highest BCUT2D eigenvalue weighted by Crippen LogP contribution is 2.31. The van der Waals surface area contributed by atoms with Gasteiger partial charge in [-0.2, -0.15) is 0 Å². The van der Waals surface area contributed by atoms with Gasteiger partial charge in [-0.1, -0.05) is 5.16 Å². The Morgan fingerprint density at radius 2 is 2.19 bits per heavy atom. The molecule has 3 N–H and O–H groups in total. The van der Waals surface area contributed by atoms with Crippen LogP contribution in [0.2, 0.25) is 0 Å². The second kappa shape index (κ2) is 3.54. The molecule has 0 bridgehead atoms. The summed E-state index contributed by atoms with van der Waals surface area (Å²) in [5.41, 5.74) is 5.46. The Balaban J connectivity index is 2.45. The molecule has 0 saturated heterocycles. The first-order valence-electron chi connectivity index (χ1n) is 4.28. The van der Waals surface area contributed by atoms with Crippen LogP contribution < -0.4 is 5.73 Å². The molecule has 2 rings (SSSR count). The molecule has 0 saturated carbocycles. The fourth-order valence-corrected chi connectivity index (χ4v) is 1.26. The normalized spacial score (nSPS) is 10.2. The first-order chi connectivity index (χ1) is 7.58. The Bertz CT molecular complexity index is 549. The summed E-state index contributed by atoms with van der Waals surface area (Å²) in [5, 5.41) is 23.3. The zero-order chi connectivity index (χ0) is 11.7. The Hall–Kier alpha value is -2.57. The smallest absolute Gasteiger partial charge is 0.310 e. The van der Waals surface area contributed by atoms with Gasteiger partial charge in [-0.05, 0) is 12.1 Å². The number of phenolic OH excluding ortho intramolecular Hbond substituents is 1. The van der Waals surface area contributed by atoms with Crippen LogP contribution in [0.3, 0.4) is 0 Å². The second-order valence-electron chi connectivity index (χ2n) is 3.08. The molecule has 1 aromatic heterocycles. The summed E-state index contributed by atoms with van der Waals surface area (Å²) >= 11 is 0. The zero-order valence-electron chi connectivity index (χ0n) is 7.95. The van der Waals surface area contributed by atoms with Gasteiger partial charge in [0.2, 0.25) is 0 Å². The van der Waals surface area contributed by atoms with E-state index in [4.69, 9.17) is 10.3 Å². The predicted molar refractivity (Wildman–Crippen MR) is 54.7 cm³/mol. The summed E-state index contributed by atoms with van der Waals surface area (Å²) in [6.07, 6.45) is 0. The Labute approximate surface area is 89.2 Å². The van der Waals surface area contributed by atoms with Crippen LogP contribution in [0, 0.1) is 10.1 Å². The molecule has 82 valence electrons. The number of aromatic hydroxyl groups is 1. The lowest BCUT2D eigenvalue weighted by Crippen LogP contribution is -1.88. The fourth-order valence-electron chi connectivity index (χ4n) is 1.26. The van der Waals surface area contributed by atoms with Crippen molar-refractivity contribution in [3.8, 4) is 17.1 Å². The standard InChI is InChI=1S/C9H7N3O4/c10-9-4-8(16-11-9)5-1-2-6(12(14)15)7(13)3-5/h1-4,13H,(H2,10,11). The number of rotatable bonds is 2. The fraction of sp³-hybridized carbons (Fsp3) is 0. The number of phenols is 1. The van der Waals surface area contributed by atoms with Crippen molar-refractivity contribution >= 4 is 11.5 Å². The van der Waals surface area contributed by atoms with Crippen molar-refractivity contribution in [2.45, 2.75) is 0 Å². The van der Waals surface area contributed by atoms with E-state index in [1.54, 1.807) is 0 Å². The summed E-state index contributed by atoms with van der Waals surface area (Å²) in [5.74, 6) is 0.105. The summed E-state index contributed by atoms with van der Waals surface area (Å²) in [6.45, 7) is 0. The van der Waals surface area contributed by atoms with Crippen LogP contribution in [0.1, 0.15) is 0 Å². The minimum Gasteiger partial charge on any atom is -0.502 e. The molecule has 0 aliphatic carbocycles. The molecular weight excluding hydrogens is 214 g/mol. The summed E-state index contributed by atoms with van der Waals surface area (Å²) < 4.78 is 4.85. The van der Waals surface area contributed by atoms with Crippen molar-refractivity contribution in [2.75, 3.05) is 5.73 Å². The van der Waals surface area contributed by atoms with E-state index in [1.165, 1.54) is 24.3 Å². The highest BCUT2D eigenvalue weighted by atomic mass is 16.6. The Morgan fingerprint density at radius 3 is 2.69 bits per heavy atom. The van der Waals surface area contributed by atoms with Crippen LogP contribution in [0.5, 0.6) is 5.75 Å². The third kappa shape index (κ3) is 1.65. The second-order valence-corrected chi connectivity index (χ2v) is 3.08. The van der Waals surface area contributed by atoms with Crippen molar-refractivity contribution in [2.24, 2.45) is 0 Å². The van der Waals surface area contributed by atoms with Crippen LogP contribution in [0.15, 0.2) is 28.8 Å². The van der Waals surface area contributed by atoms with E-state index in [0.717, 1.165) is 0 Å². The van der Waals surface area contributed by atoms with E-state index in [0.29, 0.717) is 11.3 Å². The van der Waals surface area contributed by atoms with E-state index in [9.17, 15) is 15.2 Å². The zero-order valence-corrected chi connectivity index (χ0v) is 7.95. The Morgan fingerprint density at radius 1 is 1.44 bits per heavy atom. The van der Waals surface area contributed by atoms with E-state index in [2.05, 4.69) is 5.16 Å². The van der Waals surface area contributed by atoms with Crippen molar-refractivity contribution in [3.05, 3.63) is 34.4 Å². The van der Waals surface area contributed by atoms with Crippen LogP contribution in [-0.4, -0.2) is 15.2 Å². The molecule has 7 nitrogen and oxygen atoms in total. The number of hydrogen-bond acceptors (Lipinski definition) is 6. The maximum Gasteiger partial charge on any atom is 0.310 e. The van der Waals surface area contributed by atoms with Gasteiger partial charge in [-0.25, -0.2) is 0 Å². The first-order valence-corrected chi connectivity index (χ1v) is 4.28. The van der Waals surface area contributed by atoms with Gasteiger partial charge in [-0.15, -0.1) is 0 Å². The van der Waals surface area contributed by atoms with Crippen LogP contribution in [-0.2, 0) is 0 Å². The minimum absolute atomic E-state index is 0.202. The molecule has 0 radical (unpaired) electrons. The number of anilines is 1. The average molecular weight is 221 g/mol. The van der Waals surface area contributed by atoms with Crippen LogP contribution >= 0.6 is 0 Å². The molecule has 2 aromatic rings.